The lowest BCUT2D eigenvalue weighted by atomic mass is 10.5. The van der Waals surface area contributed by atoms with E-state index in [1.54, 1.807) is 0 Å². The van der Waals surface area contributed by atoms with Crippen LogP contribution in [0.3, 0.4) is 0 Å². The number of nitrogens with two attached hydrogens (primary N) is 1. The SMILES string of the molecule is C=CC(=O)OC.CC(C)N. The van der Waals surface area contributed by atoms with Crippen LogP contribution in [0.5, 0.6) is 0 Å². The Morgan fingerprint density at radius 1 is 1.70 bits per heavy atom. The van der Waals surface area contributed by atoms with Crippen LogP contribution in [-0.4, -0.2) is 19.1 Å². The third-order valence-corrected chi connectivity index (χ3v) is 0.368. The minimum atomic E-state index is -0.394. The van der Waals surface area contributed by atoms with E-state index in [-0.39, 0.29) is 0 Å². The second kappa shape index (κ2) is 8.17. The number of esters is 1. The Morgan fingerprint density at radius 3 is 2.00 bits per heavy atom. The third-order valence-electron chi connectivity index (χ3n) is 0.368. The molecule has 0 atom stereocenters. The predicted molar refractivity (Wildman–Crippen MR) is 41.5 cm³/mol. The minimum Gasteiger partial charge on any atom is -0.466 e. The van der Waals surface area contributed by atoms with Gasteiger partial charge in [-0.3, -0.25) is 0 Å². The zero-order valence-corrected chi connectivity index (χ0v) is 6.76. The van der Waals surface area contributed by atoms with Crippen LogP contribution in [0.1, 0.15) is 13.8 Å². The first-order chi connectivity index (χ1) is 4.54. The largest absolute Gasteiger partial charge is 0.466 e. The van der Waals surface area contributed by atoms with Crippen molar-refractivity contribution in [2.24, 2.45) is 5.73 Å². The van der Waals surface area contributed by atoms with Gasteiger partial charge in [-0.05, 0) is 6.04 Å². The van der Waals surface area contributed by atoms with E-state index in [0.29, 0.717) is 6.04 Å². The zero-order valence-electron chi connectivity index (χ0n) is 6.76. The number of carbonyl (C=O) groups excluding carboxylic acids is 1. The molecule has 0 aromatic carbocycles. The van der Waals surface area contributed by atoms with Gasteiger partial charge in [0.05, 0.1) is 7.11 Å². The molecule has 0 aromatic rings. The average Bonchev–Trinajstić information content (AvgIpc) is 1.85. The van der Waals surface area contributed by atoms with Gasteiger partial charge in [0, 0.05) is 6.08 Å². The second-order valence-electron chi connectivity index (χ2n) is 1.97. The molecule has 0 spiro atoms. The van der Waals surface area contributed by atoms with Crippen LogP contribution in [0, 0.1) is 0 Å². The highest BCUT2D eigenvalue weighted by atomic mass is 16.5. The van der Waals surface area contributed by atoms with Gasteiger partial charge in [0.2, 0.25) is 0 Å². The zero-order chi connectivity index (χ0) is 8.57. The van der Waals surface area contributed by atoms with Gasteiger partial charge in [-0.1, -0.05) is 20.4 Å². The van der Waals surface area contributed by atoms with Crippen molar-refractivity contribution in [3.05, 3.63) is 12.7 Å². The summed E-state index contributed by atoms with van der Waals surface area (Å²) in [5.74, 6) is -0.394. The lowest BCUT2D eigenvalue weighted by molar-refractivity contribution is -0.134. The molecule has 0 bridgehead atoms. The molecule has 10 heavy (non-hydrogen) atoms. The summed E-state index contributed by atoms with van der Waals surface area (Å²) in [5, 5.41) is 0. The molecule has 0 aliphatic heterocycles. The van der Waals surface area contributed by atoms with E-state index in [9.17, 15) is 4.79 Å². The Balaban J connectivity index is 0. The molecule has 0 aromatic heterocycles. The molecule has 0 aliphatic rings. The number of rotatable bonds is 1. The lowest BCUT2D eigenvalue weighted by Crippen LogP contribution is -2.06. The first-order valence-corrected chi connectivity index (χ1v) is 3.00. The van der Waals surface area contributed by atoms with Crippen LogP contribution in [0.4, 0.5) is 0 Å². The van der Waals surface area contributed by atoms with Gasteiger partial charge in [0.25, 0.3) is 0 Å². The van der Waals surface area contributed by atoms with Crippen molar-refractivity contribution < 1.29 is 9.53 Å². The first kappa shape index (κ1) is 11.9. The molecular formula is C7H15NO2. The van der Waals surface area contributed by atoms with Crippen molar-refractivity contribution in [1.82, 2.24) is 0 Å². The summed E-state index contributed by atoms with van der Waals surface area (Å²) in [5.41, 5.74) is 5.11. The fourth-order valence-corrected chi connectivity index (χ4v) is 0.0833. The van der Waals surface area contributed by atoms with Crippen LogP contribution in [0.2, 0.25) is 0 Å². The predicted octanol–water partition coefficient (Wildman–Crippen LogP) is 0.699. The van der Waals surface area contributed by atoms with Crippen LogP contribution in [0.25, 0.3) is 0 Å². The Kier molecular flexibility index (Phi) is 9.73. The summed E-state index contributed by atoms with van der Waals surface area (Å²) < 4.78 is 4.14. The molecule has 0 rings (SSSR count). The molecule has 0 heterocycles. The summed E-state index contributed by atoms with van der Waals surface area (Å²) in [6.07, 6.45) is 1.11. The molecule has 60 valence electrons. The summed E-state index contributed by atoms with van der Waals surface area (Å²) in [7, 11) is 1.31. The summed E-state index contributed by atoms with van der Waals surface area (Å²) in [6, 6.07) is 0.333. The van der Waals surface area contributed by atoms with Gasteiger partial charge in [0.1, 0.15) is 0 Å². The molecule has 0 fully saturated rings. The average molecular weight is 145 g/mol. The monoisotopic (exact) mass is 145 g/mol. The van der Waals surface area contributed by atoms with Crippen molar-refractivity contribution >= 4 is 5.97 Å². The van der Waals surface area contributed by atoms with Gasteiger partial charge in [-0.15, -0.1) is 0 Å². The van der Waals surface area contributed by atoms with Gasteiger partial charge < -0.3 is 10.5 Å². The maximum Gasteiger partial charge on any atom is 0.329 e. The maximum atomic E-state index is 9.84. The number of ether oxygens (including phenoxy) is 1. The lowest BCUT2D eigenvalue weighted by Gasteiger charge is -1.83. The minimum absolute atomic E-state index is 0.333. The van der Waals surface area contributed by atoms with Crippen molar-refractivity contribution in [1.29, 1.82) is 0 Å². The third kappa shape index (κ3) is 27.2. The van der Waals surface area contributed by atoms with Gasteiger partial charge in [0.15, 0.2) is 0 Å². The van der Waals surface area contributed by atoms with Crippen molar-refractivity contribution in [3.8, 4) is 0 Å². The van der Waals surface area contributed by atoms with Crippen LogP contribution in [0.15, 0.2) is 12.7 Å². The highest BCUT2D eigenvalue weighted by molar-refractivity contribution is 5.80. The maximum absolute atomic E-state index is 9.84. The van der Waals surface area contributed by atoms with E-state index in [4.69, 9.17) is 5.73 Å². The fraction of sp³-hybridized carbons (Fsp3) is 0.571. The van der Waals surface area contributed by atoms with E-state index in [2.05, 4.69) is 11.3 Å². The molecule has 0 radical (unpaired) electrons. The molecule has 0 unspecified atom stereocenters. The van der Waals surface area contributed by atoms with E-state index in [1.165, 1.54) is 7.11 Å². The first-order valence-electron chi connectivity index (χ1n) is 3.00. The number of hydrogen-bond acceptors (Lipinski definition) is 3. The quantitative estimate of drug-likeness (QED) is 0.436. The van der Waals surface area contributed by atoms with E-state index in [1.807, 2.05) is 13.8 Å². The van der Waals surface area contributed by atoms with Crippen molar-refractivity contribution in [3.63, 3.8) is 0 Å². The Morgan fingerprint density at radius 2 is 2.00 bits per heavy atom. The summed E-state index contributed by atoms with van der Waals surface area (Å²) in [6.45, 7) is 7.05. The van der Waals surface area contributed by atoms with Gasteiger partial charge >= 0.3 is 5.97 Å². The molecule has 3 nitrogen and oxygen atoms in total. The Bertz CT molecular complexity index is 97.0. The highest BCUT2D eigenvalue weighted by Gasteiger charge is 1.81. The molecule has 0 aliphatic carbocycles. The highest BCUT2D eigenvalue weighted by Crippen LogP contribution is 1.67. The Hall–Kier alpha value is -0.830. The normalized spacial score (nSPS) is 7.70. The summed E-state index contributed by atoms with van der Waals surface area (Å²) >= 11 is 0. The molecule has 0 saturated carbocycles. The van der Waals surface area contributed by atoms with Crippen molar-refractivity contribution in [2.75, 3.05) is 7.11 Å². The second-order valence-corrected chi connectivity index (χ2v) is 1.97. The number of carbonyl (C=O) groups is 1. The topological polar surface area (TPSA) is 52.3 Å². The van der Waals surface area contributed by atoms with Crippen molar-refractivity contribution in [2.45, 2.75) is 19.9 Å². The van der Waals surface area contributed by atoms with Gasteiger partial charge in [-0.2, -0.15) is 0 Å². The van der Waals surface area contributed by atoms with Crippen LogP contribution < -0.4 is 5.73 Å². The molecule has 0 amide bonds. The van der Waals surface area contributed by atoms with E-state index < -0.39 is 5.97 Å². The number of hydrogen-bond donors (Lipinski definition) is 1. The molecule has 3 heteroatoms. The van der Waals surface area contributed by atoms with Gasteiger partial charge in [-0.25, -0.2) is 4.79 Å². The summed E-state index contributed by atoms with van der Waals surface area (Å²) in [4.78, 5) is 9.84. The number of methoxy groups -OCH3 is 1. The van der Waals surface area contributed by atoms with E-state index in [0.717, 1.165) is 6.08 Å². The molecule has 0 saturated heterocycles. The van der Waals surface area contributed by atoms with E-state index >= 15 is 0 Å². The van der Waals surface area contributed by atoms with Crippen LogP contribution in [-0.2, 0) is 9.53 Å². The molecule has 2 N–H and O–H groups in total. The smallest absolute Gasteiger partial charge is 0.329 e. The Labute approximate surface area is 61.9 Å². The van der Waals surface area contributed by atoms with Crippen LogP contribution >= 0.6 is 0 Å². The molecular weight excluding hydrogens is 130 g/mol. The standard InChI is InChI=1S/C4H6O2.C3H9N/c1-3-4(5)6-2;1-3(2)4/h3H,1H2,2H3;3H,4H2,1-2H3. The fourth-order valence-electron chi connectivity index (χ4n) is 0.0833.